The Morgan fingerprint density at radius 3 is 2.93 bits per heavy atom. The van der Waals surface area contributed by atoms with Gasteiger partial charge in [-0.15, -0.1) is 0 Å². The van der Waals surface area contributed by atoms with E-state index in [1.807, 2.05) is 6.07 Å². The van der Waals surface area contributed by atoms with Gasteiger partial charge in [0.1, 0.15) is 5.82 Å². The molecule has 0 unspecified atom stereocenters. The average Bonchev–Trinajstić information content (AvgIpc) is 2.46. The summed E-state index contributed by atoms with van der Waals surface area (Å²) in [5.74, 6) is -0.196. The third-order valence-corrected chi connectivity index (χ3v) is 3.23. The molecule has 0 aliphatic carbocycles. The molecule has 0 radical (unpaired) electrons. The smallest absolute Gasteiger partial charge is 0.124 e. The van der Waals surface area contributed by atoms with Crippen molar-refractivity contribution in [2.45, 2.75) is 6.42 Å². The highest BCUT2D eigenvalue weighted by Crippen LogP contribution is 2.27. The molecular weight excluding hydrogens is 259 g/mol. The Kier molecular flexibility index (Phi) is 3.59. The number of halogens is 2. The highest BCUT2D eigenvalue weighted by molar-refractivity contribution is 9.10. The number of benzene rings is 1. The topological polar surface area (TPSA) is 15.3 Å². The number of nitrogens with zero attached hydrogens (tertiary/aromatic N) is 1. The van der Waals surface area contributed by atoms with Crippen LogP contribution in [-0.4, -0.2) is 26.2 Å². The van der Waals surface area contributed by atoms with Gasteiger partial charge in [0.15, 0.2) is 0 Å². The second-order valence-corrected chi connectivity index (χ2v) is 4.54. The van der Waals surface area contributed by atoms with Gasteiger partial charge in [0.05, 0.1) is 5.69 Å². The number of hydrogen-bond acceptors (Lipinski definition) is 2. The van der Waals surface area contributed by atoms with Crippen LogP contribution in [0.3, 0.4) is 0 Å². The molecule has 1 aromatic carbocycles. The Morgan fingerprint density at radius 2 is 2.13 bits per heavy atom. The Morgan fingerprint density at radius 1 is 1.27 bits per heavy atom. The second kappa shape index (κ2) is 4.94. The molecule has 82 valence electrons. The molecule has 1 N–H and O–H groups in total. The zero-order chi connectivity index (χ0) is 10.7. The molecule has 0 aromatic heterocycles. The van der Waals surface area contributed by atoms with Crippen molar-refractivity contribution in [2.75, 3.05) is 31.1 Å². The molecule has 1 saturated heterocycles. The second-order valence-electron chi connectivity index (χ2n) is 3.69. The lowest BCUT2D eigenvalue weighted by Crippen LogP contribution is -2.28. The van der Waals surface area contributed by atoms with E-state index in [9.17, 15) is 4.39 Å². The molecule has 2 rings (SSSR count). The standard InChI is InChI=1S/C11H14BrFN2/c12-10-8-9(13)2-3-11(10)15-6-1-4-14-5-7-15/h2-3,8,14H,1,4-7H2. The maximum absolute atomic E-state index is 12.9. The van der Waals surface area contributed by atoms with Gasteiger partial charge in [0.25, 0.3) is 0 Å². The van der Waals surface area contributed by atoms with E-state index in [2.05, 4.69) is 26.1 Å². The molecule has 0 saturated carbocycles. The van der Waals surface area contributed by atoms with Crippen LogP contribution in [0.2, 0.25) is 0 Å². The first-order valence-electron chi connectivity index (χ1n) is 5.18. The maximum Gasteiger partial charge on any atom is 0.124 e. The molecule has 0 atom stereocenters. The zero-order valence-corrected chi connectivity index (χ0v) is 10.1. The van der Waals surface area contributed by atoms with Gasteiger partial charge in [-0.05, 0) is 47.1 Å². The first kappa shape index (κ1) is 10.9. The largest absolute Gasteiger partial charge is 0.369 e. The van der Waals surface area contributed by atoms with Crippen LogP contribution in [0.1, 0.15) is 6.42 Å². The van der Waals surface area contributed by atoms with Crippen LogP contribution >= 0.6 is 15.9 Å². The fraction of sp³-hybridized carbons (Fsp3) is 0.455. The Hall–Kier alpha value is -0.610. The third-order valence-electron chi connectivity index (χ3n) is 2.59. The molecule has 4 heteroatoms. The van der Waals surface area contributed by atoms with Crippen LogP contribution in [0.4, 0.5) is 10.1 Å². The highest BCUT2D eigenvalue weighted by Gasteiger charge is 2.12. The van der Waals surface area contributed by atoms with Crippen LogP contribution in [0.15, 0.2) is 22.7 Å². The molecule has 1 aliphatic heterocycles. The van der Waals surface area contributed by atoms with E-state index in [0.717, 1.165) is 42.8 Å². The summed E-state index contributed by atoms with van der Waals surface area (Å²) in [6, 6.07) is 4.87. The minimum absolute atomic E-state index is 0.196. The minimum atomic E-state index is -0.196. The quantitative estimate of drug-likeness (QED) is 0.845. The lowest BCUT2D eigenvalue weighted by molar-refractivity contribution is 0.626. The Bertz CT molecular complexity index is 335. The maximum atomic E-state index is 12.9. The summed E-state index contributed by atoms with van der Waals surface area (Å²) in [7, 11) is 0. The molecule has 1 fully saturated rings. The van der Waals surface area contributed by atoms with Crippen molar-refractivity contribution in [1.82, 2.24) is 5.32 Å². The van der Waals surface area contributed by atoms with Gasteiger partial charge in [-0.25, -0.2) is 4.39 Å². The first-order valence-corrected chi connectivity index (χ1v) is 5.97. The summed E-state index contributed by atoms with van der Waals surface area (Å²) >= 11 is 3.41. The van der Waals surface area contributed by atoms with E-state index in [-0.39, 0.29) is 5.82 Å². The lowest BCUT2D eigenvalue weighted by atomic mass is 10.2. The van der Waals surface area contributed by atoms with Gasteiger partial charge in [-0.2, -0.15) is 0 Å². The SMILES string of the molecule is Fc1ccc(N2CCCNCC2)c(Br)c1. The van der Waals surface area contributed by atoms with Crippen molar-refractivity contribution < 1.29 is 4.39 Å². The van der Waals surface area contributed by atoms with Gasteiger partial charge in [0, 0.05) is 24.1 Å². The molecule has 2 nitrogen and oxygen atoms in total. The summed E-state index contributed by atoms with van der Waals surface area (Å²) in [6.45, 7) is 4.06. The summed E-state index contributed by atoms with van der Waals surface area (Å²) in [4.78, 5) is 2.28. The monoisotopic (exact) mass is 272 g/mol. The molecule has 1 aromatic rings. The minimum Gasteiger partial charge on any atom is -0.369 e. The van der Waals surface area contributed by atoms with Crippen molar-refractivity contribution in [3.05, 3.63) is 28.5 Å². The van der Waals surface area contributed by atoms with Gasteiger partial charge in [-0.1, -0.05) is 0 Å². The fourth-order valence-electron chi connectivity index (χ4n) is 1.82. The van der Waals surface area contributed by atoms with Crippen LogP contribution < -0.4 is 10.2 Å². The number of anilines is 1. The zero-order valence-electron chi connectivity index (χ0n) is 8.47. The van der Waals surface area contributed by atoms with Gasteiger partial charge in [-0.3, -0.25) is 0 Å². The van der Waals surface area contributed by atoms with Crippen molar-refractivity contribution >= 4 is 21.6 Å². The molecule has 0 amide bonds. The predicted octanol–water partition coefficient (Wildman–Crippen LogP) is 2.39. The van der Waals surface area contributed by atoms with E-state index in [4.69, 9.17) is 0 Å². The van der Waals surface area contributed by atoms with Gasteiger partial charge in [0.2, 0.25) is 0 Å². The van der Waals surface area contributed by atoms with Crippen molar-refractivity contribution in [3.63, 3.8) is 0 Å². The normalized spacial score (nSPS) is 17.6. The Balaban J connectivity index is 2.19. The van der Waals surface area contributed by atoms with Crippen molar-refractivity contribution in [2.24, 2.45) is 0 Å². The first-order chi connectivity index (χ1) is 7.27. The molecule has 1 aliphatic rings. The van der Waals surface area contributed by atoms with E-state index in [1.165, 1.54) is 12.1 Å². The molecule has 0 spiro atoms. The van der Waals surface area contributed by atoms with E-state index >= 15 is 0 Å². The Labute approximate surface area is 97.6 Å². The molecule has 0 bridgehead atoms. The molecule has 1 heterocycles. The summed E-state index contributed by atoms with van der Waals surface area (Å²) in [5, 5.41) is 3.35. The van der Waals surface area contributed by atoms with Crippen LogP contribution in [-0.2, 0) is 0 Å². The molecule has 15 heavy (non-hydrogen) atoms. The number of hydrogen-bond donors (Lipinski definition) is 1. The lowest BCUT2D eigenvalue weighted by Gasteiger charge is -2.23. The van der Waals surface area contributed by atoms with E-state index in [1.54, 1.807) is 0 Å². The van der Waals surface area contributed by atoms with Crippen LogP contribution in [0, 0.1) is 5.82 Å². The third kappa shape index (κ3) is 2.69. The summed E-state index contributed by atoms with van der Waals surface area (Å²) < 4.78 is 13.8. The van der Waals surface area contributed by atoms with Crippen LogP contribution in [0.5, 0.6) is 0 Å². The van der Waals surface area contributed by atoms with Crippen molar-refractivity contribution in [3.8, 4) is 0 Å². The average molecular weight is 273 g/mol. The summed E-state index contributed by atoms with van der Waals surface area (Å²) in [6.07, 6.45) is 1.13. The number of rotatable bonds is 1. The van der Waals surface area contributed by atoms with Gasteiger partial charge < -0.3 is 10.2 Å². The molecular formula is C11H14BrFN2. The highest BCUT2D eigenvalue weighted by atomic mass is 79.9. The van der Waals surface area contributed by atoms with Gasteiger partial charge >= 0.3 is 0 Å². The summed E-state index contributed by atoms with van der Waals surface area (Å²) in [5.41, 5.74) is 1.08. The van der Waals surface area contributed by atoms with E-state index in [0.29, 0.717) is 0 Å². The van der Waals surface area contributed by atoms with Crippen LogP contribution in [0.25, 0.3) is 0 Å². The van der Waals surface area contributed by atoms with Crippen molar-refractivity contribution in [1.29, 1.82) is 0 Å². The van der Waals surface area contributed by atoms with E-state index < -0.39 is 0 Å². The predicted molar refractivity (Wildman–Crippen MR) is 63.8 cm³/mol. The number of nitrogens with one attached hydrogen (secondary N) is 1. The fourth-order valence-corrected chi connectivity index (χ4v) is 2.43.